The van der Waals surface area contributed by atoms with Gasteiger partial charge in [0.2, 0.25) is 0 Å². The monoisotopic (exact) mass is 387 g/mol. The Morgan fingerprint density at radius 1 is 1.23 bits per heavy atom. The van der Waals surface area contributed by atoms with E-state index in [1.165, 1.54) is 23.5 Å². The van der Waals surface area contributed by atoms with Gasteiger partial charge in [0.25, 0.3) is 5.91 Å². The SMILES string of the molecule is CCn1c(=NC(=O)/C=C/c2ccc([N+](=O)[O-])s2)sc2c(C)ccc(C)c21. The number of nitrogens with zero attached hydrogens (tertiary/aromatic N) is 3. The number of thiophene rings is 1. The third-order valence-corrected chi connectivity index (χ3v) is 6.14. The molecule has 3 rings (SSSR count). The van der Waals surface area contributed by atoms with Crippen molar-refractivity contribution in [1.29, 1.82) is 0 Å². The molecule has 2 heterocycles. The number of amides is 1. The maximum atomic E-state index is 12.3. The molecule has 0 fully saturated rings. The van der Waals surface area contributed by atoms with Crippen LogP contribution in [0.3, 0.4) is 0 Å². The molecule has 0 radical (unpaired) electrons. The van der Waals surface area contributed by atoms with Crippen molar-refractivity contribution in [2.24, 2.45) is 4.99 Å². The van der Waals surface area contributed by atoms with Gasteiger partial charge in [0.1, 0.15) is 0 Å². The molecule has 8 heteroatoms. The lowest BCUT2D eigenvalue weighted by Crippen LogP contribution is -2.15. The topological polar surface area (TPSA) is 77.5 Å². The summed E-state index contributed by atoms with van der Waals surface area (Å²) >= 11 is 2.52. The van der Waals surface area contributed by atoms with Crippen LogP contribution in [0.1, 0.15) is 22.9 Å². The second-order valence-corrected chi connectivity index (χ2v) is 7.79. The number of benzene rings is 1. The number of carbonyl (C=O) groups is 1. The molecule has 0 bridgehead atoms. The molecule has 0 N–H and O–H groups in total. The van der Waals surface area contributed by atoms with Crippen molar-refractivity contribution in [2.75, 3.05) is 0 Å². The lowest BCUT2D eigenvalue weighted by atomic mass is 10.1. The maximum Gasteiger partial charge on any atom is 0.324 e. The minimum atomic E-state index is -0.444. The average Bonchev–Trinajstić information content (AvgIpc) is 3.21. The highest BCUT2D eigenvalue weighted by Crippen LogP contribution is 2.26. The van der Waals surface area contributed by atoms with Gasteiger partial charge in [-0.25, -0.2) is 0 Å². The highest BCUT2D eigenvalue weighted by molar-refractivity contribution is 7.16. The van der Waals surface area contributed by atoms with Gasteiger partial charge < -0.3 is 4.57 Å². The van der Waals surface area contributed by atoms with Crippen LogP contribution < -0.4 is 4.80 Å². The largest absolute Gasteiger partial charge is 0.324 e. The molecule has 0 spiro atoms. The van der Waals surface area contributed by atoms with Gasteiger partial charge in [-0.2, -0.15) is 4.99 Å². The van der Waals surface area contributed by atoms with E-state index in [4.69, 9.17) is 0 Å². The highest BCUT2D eigenvalue weighted by Gasteiger charge is 2.11. The summed E-state index contributed by atoms with van der Waals surface area (Å²) in [5.41, 5.74) is 3.43. The molecule has 0 atom stereocenters. The highest BCUT2D eigenvalue weighted by atomic mass is 32.1. The van der Waals surface area contributed by atoms with E-state index < -0.39 is 4.92 Å². The van der Waals surface area contributed by atoms with Crippen molar-refractivity contribution >= 4 is 49.9 Å². The summed E-state index contributed by atoms with van der Waals surface area (Å²) in [4.78, 5) is 28.1. The first-order chi connectivity index (χ1) is 12.4. The molecule has 3 aromatic rings. The van der Waals surface area contributed by atoms with Crippen molar-refractivity contribution in [3.8, 4) is 0 Å². The van der Waals surface area contributed by atoms with Crippen LogP contribution in [-0.2, 0) is 11.3 Å². The zero-order chi connectivity index (χ0) is 18.8. The van der Waals surface area contributed by atoms with E-state index in [-0.39, 0.29) is 10.9 Å². The van der Waals surface area contributed by atoms with E-state index >= 15 is 0 Å². The van der Waals surface area contributed by atoms with Gasteiger partial charge in [-0.05, 0) is 44.0 Å². The van der Waals surface area contributed by atoms with Crippen molar-refractivity contribution in [3.63, 3.8) is 0 Å². The van der Waals surface area contributed by atoms with Crippen LogP contribution in [-0.4, -0.2) is 15.4 Å². The fourth-order valence-corrected chi connectivity index (χ4v) is 4.64. The van der Waals surface area contributed by atoms with E-state index in [1.807, 2.05) is 18.4 Å². The number of nitro groups is 1. The first kappa shape index (κ1) is 18.2. The van der Waals surface area contributed by atoms with E-state index in [2.05, 4.69) is 24.0 Å². The molecule has 0 aliphatic rings. The zero-order valence-corrected chi connectivity index (χ0v) is 16.2. The molecule has 0 unspecified atom stereocenters. The summed E-state index contributed by atoms with van der Waals surface area (Å²) in [5, 5.41) is 10.8. The molecule has 0 aliphatic heterocycles. The van der Waals surface area contributed by atoms with Gasteiger partial charge >= 0.3 is 5.00 Å². The Balaban J connectivity index is 1.97. The molecule has 26 heavy (non-hydrogen) atoms. The average molecular weight is 387 g/mol. The summed E-state index contributed by atoms with van der Waals surface area (Å²) < 4.78 is 3.18. The summed E-state index contributed by atoms with van der Waals surface area (Å²) in [7, 11) is 0. The van der Waals surface area contributed by atoms with Gasteiger partial charge in [-0.1, -0.05) is 34.8 Å². The molecular formula is C18H17N3O3S2. The number of carbonyl (C=O) groups excluding carboxylic acids is 1. The Bertz CT molecular complexity index is 1100. The predicted octanol–water partition coefficient (Wildman–Crippen LogP) is 4.45. The van der Waals surface area contributed by atoms with Crippen LogP contribution in [0.15, 0.2) is 35.3 Å². The number of rotatable bonds is 4. The van der Waals surface area contributed by atoms with Crippen LogP contribution in [0, 0.1) is 24.0 Å². The van der Waals surface area contributed by atoms with Gasteiger partial charge in [0, 0.05) is 23.6 Å². The Hall–Kier alpha value is -2.58. The fraction of sp³-hybridized carbons (Fsp3) is 0.222. The Labute approximate surface area is 157 Å². The Morgan fingerprint density at radius 2 is 1.96 bits per heavy atom. The number of thiazole rings is 1. The Kier molecular flexibility index (Phi) is 5.15. The van der Waals surface area contributed by atoms with E-state index in [1.54, 1.807) is 12.1 Å². The molecule has 2 aromatic heterocycles. The third kappa shape index (κ3) is 3.51. The zero-order valence-electron chi connectivity index (χ0n) is 14.6. The molecule has 0 saturated heterocycles. The smallest absolute Gasteiger partial charge is 0.316 e. The van der Waals surface area contributed by atoms with Gasteiger partial charge in [-0.15, -0.1) is 0 Å². The quantitative estimate of drug-likeness (QED) is 0.377. The maximum absolute atomic E-state index is 12.3. The number of aromatic nitrogens is 1. The number of fused-ring (bicyclic) bond motifs is 1. The molecule has 1 amide bonds. The van der Waals surface area contributed by atoms with E-state index in [0.717, 1.165) is 39.2 Å². The summed E-state index contributed by atoms with van der Waals surface area (Å²) in [6.45, 7) is 6.85. The number of aryl methyl sites for hydroxylation is 3. The van der Waals surface area contributed by atoms with Crippen molar-refractivity contribution in [1.82, 2.24) is 4.57 Å². The third-order valence-electron chi connectivity index (χ3n) is 3.93. The standard InChI is InChI=1S/C18H17N3O3S2/c1-4-20-16-11(2)5-6-12(3)17(16)26-18(20)19-14(22)9-7-13-8-10-15(25-13)21(23)24/h5-10H,4H2,1-3H3/b9-7+,19-18?. The van der Waals surface area contributed by atoms with Crippen LogP contribution in [0.5, 0.6) is 0 Å². The predicted molar refractivity (Wildman–Crippen MR) is 106 cm³/mol. The van der Waals surface area contributed by atoms with Crippen molar-refractivity contribution in [2.45, 2.75) is 27.3 Å². The van der Waals surface area contributed by atoms with Gasteiger partial charge in [-0.3, -0.25) is 14.9 Å². The van der Waals surface area contributed by atoms with Crippen LogP contribution >= 0.6 is 22.7 Å². The molecule has 0 aliphatic carbocycles. The van der Waals surface area contributed by atoms with Gasteiger partial charge in [0.15, 0.2) is 4.80 Å². The minimum absolute atomic E-state index is 0.0494. The molecule has 0 saturated carbocycles. The first-order valence-corrected chi connectivity index (χ1v) is 9.64. The van der Waals surface area contributed by atoms with Crippen LogP contribution in [0.25, 0.3) is 16.3 Å². The number of hydrogen-bond acceptors (Lipinski definition) is 5. The van der Waals surface area contributed by atoms with Crippen LogP contribution in [0.4, 0.5) is 5.00 Å². The van der Waals surface area contributed by atoms with Gasteiger partial charge in [0.05, 0.1) is 15.1 Å². The lowest BCUT2D eigenvalue weighted by molar-refractivity contribution is -0.380. The molecular weight excluding hydrogens is 370 g/mol. The fourth-order valence-electron chi connectivity index (χ4n) is 2.67. The van der Waals surface area contributed by atoms with Crippen molar-refractivity contribution in [3.05, 3.63) is 61.3 Å². The minimum Gasteiger partial charge on any atom is -0.316 e. The summed E-state index contributed by atoms with van der Waals surface area (Å²) in [6.07, 6.45) is 2.91. The Morgan fingerprint density at radius 3 is 2.62 bits per heavy atom. The number of hydrogen-bond donors (Lipinski definition) is 0. The van der Waals surface area contributed by atoms with Crippen molar-refractivity contribution < 1.29 is 9.72 Å². The second-order valence-electron chi connectivity index (χ2n) is 5.72. The normalized spacial score (nSPS) is 12.3. The summed E-state index contributed by atoms with van der Waals surface area (Å²) in [5.74, 6) is -0.384. The molecule has 1 aromatic carbocycles. The summed E-state index contributed by atoms with van der Waals surface area (Å²) in [6, 6.07) is 7.19. The molecule has 134 valence electrons. The van der Waals surface area contributed by atoms with E-state index in [0.29, 0.717) is 9.68 Å². The lowest BCUT2D eigenvalue weighted by Gasteiger charge is -2.04. The molecule has 6 nitrogen and oxygen atoms in total. The second kappa shape index (κ2) is 7.35. The van der Waals surface area contributed by atoms with Crippen LogP contribution in [0.2, 0.25) is 0 Å². The first-order valence-electron chi connectivity index (χ1n) is 8.01. The van der Waals surface area contributed by atoms with E-state index in [9.17, 15) is 14.9 Å².